The Kier molecular flexibility index (Phi) is 7.46. The molecule has 0 aliphatic carbocycles. The lowest BCUT2D eigenvalue weighted by molar-refractivity contribution is -0.384. The van der Waals surface area contributed by atoms with Gasteiger partial charge in [-0.05, 0) is 25.0 Å². The molecule has 13 heteroatoms. The predicted octanol–water partition coefficient (Wildman–Crippen LogP) is 3.79. The maximum absolute atomic E-state index is 12.9. The zero-order valence-electron chi connectivity index (χ0n) is 19.9. The van der Waals surface area contributed by atoms with Gasteiger partial charge in [0.2, 0.25) is 10.0 Å². The summed E-state index contributed by atoms with van der Waals surface area (Å²) in [5, 5.41) is 16.9. The van der Waals surface area contributed by atoms with Crippen LogP contribution in [0.15, 0.2) is 58.5 Å². The van der Waals surface area contributed by atoms with Crippen molar-refractivity contribution in [2.24, 2.45) is 5.10 Å². The Morgan fingerprint density at radius 1 is 1.08 bits per heavy atom. The van der Waals surface area contributed by atoms with Crippen LogP contribution in [0.4, 0.5) is 16.5 Å². The summed E-state index contributed by atoms with van der Waals surface area (Å²) < 4.78 is 32.5. The third-order valence-corrected chi connectivity index (χ3v) is 9.15. The monoisotopic (exact) mass is 542 g/mol. The fourth-order valence-electron chi connectivity index (χ4n) is 4.26. The predicted molar refractivity (Wildman–Crippen MR) is 143 cm³/mol. The quantitative estimate of drug-likeness (QED) is 0.259. The number of hydrogen-bond acceptors (Lipinski definition) is 10. The highest BCUT2D eigenvalue weighted by atomic mass is 32.2. The van der Waals surface area contributed by atoms with Gasteiger partial charge < -0.3 is 9.64 Å². The number of sulfonamides is 1. The van der Waals surface area contributed by atoms with Crippen LogP contribution in [0.2, 0.25) is 0 Å². The maximum atomic E-state index is 12.9. The Labute approximate surface area is 218 Å². The molecular formula is C24H26N6O5S2. The number of hydrazone groups is 1. The molecule has 2 aromatic carbocycles. The number of morpholine rings is 1. The SMILES string of the molecule is O=[N+]([O-])c1cc(S(=O)(=O)N2CCCC2)ccc1N/N=C/c1sc(N2CCOCC2)nc1-c1ccccc1. The number of rotatable bonds is 8. The van der Waals surface area contributed by atoms with Crippen molar-refractivity contribution in [3.8, 4) is 11.3 Å². The first kappa shape index (κ1) is 25.3. The molecule has 0 spiro atoms. The Hall–Kier alpha value is -3.39. The minimum absolute atomic E-state index is 0.0976. The summed E-state index contributed by atoms with van der Waals surface area (Å²) in [4.78, 5) is 18.8. The zero-order chi connectivity index (χ0) is 25.8. The van der Waals surface area contributed by atoms with Crippen LogP contribution in [0.3, 0.4) is 0 Å². The van der Waals surface area contributed by atoms with E-state index in [1.807, 2.05) is 30.3 Å². The number of nitro groups is 1. The zero-order valence-corrected chi connectivity index (χ0v) is 21.6. The van der Waals surface area contributed by atoms with Gasteiger partial charge in [-0.15, -0.1) is 0 Å². The summed E-state index contributed by atoms with van der Waals surface area (Å²) in [5.41, 5.74) is 4.16. The van der Waals surface area contributed by atoms with Crippen molar-refractivity contribution >= 4 is 44.1 Å². The van der Waals surface area contributed by atoms with Crippen molar-refractivity contribution in [1.82, 2.24) is 9.29 Å². The molecule has 2 aliphatic heterocycles. The van der Waals surface area contributed by atoms with E-state index in [-0.39, 0.29) is 16.3 Å². The molecule has 0 bridgehead atoms. The summed E-state index contributed by atoms with van der Waals surface area (Å²) in [6.07, 6.45) is 3.15. The highest BCUT2D eigenvalue weighted by Gasteiger charge is 2.29. The minimum Gasteiger partial charge on any atom is -0.378 e. The number of aromatic nitrogens is 1. The van der Waals surface area contributed by atoms with Crippen molar-refractivity contribution in [3.63, 3.8) is 0 Å². The summed E-state index contributed by atoms with van der Waals surface area (Å²) in [5.74, 6) is 0. The van der Waals surface area contributed by atoms with Crippen LogP contribution in [-0.2, 0) is 14.8 Å². The van der Waals surface area contributed by atoms with Crippen LogP contribution in [0.25, 0.3) is 11.3 Å². The lowest BCUT2D eigenvalue weighted by Crippen LogP contribution is -2.36. The molecule has 5 rings (SSSR count). The van der Waals surface area contributed by atoms with Gasteiger partial charge >= 0.3 is 0 Å². The third-order valence-electron chi connectivity index (χ3n) is 6.21. The minimum atomic E-state index is -3.78. The van der Waals surface area contributed by atoms with Crippen molar-refractivity contribution in [1.29, 1.82) is 0 Å². The van der Waals surface area contributed by atoms with E-state index in [1.54, 1.807) is 6.21 Å². The third kappa shape index (κ3) is 5.49. The first-order chi connectivity index (χ1) is 17.9. The van der Waals surface area contributed by atoms with Gasteiger partial charge in [0.25, 0.3) is 5.69 Å². The van der Waals surface area contributed by atoms with E-state index in [2.05, 4.69) is 15.4 Å². The van der Waals surface area contributed by atoms with Crippen LogP contribution in [0, 0.1) is 10.1 Å². The Balaban J connectivity index is 1.41. The standard InChI is InChI=1S/C24H26N6O5S2/c31-30(32)21-16-19(37(33,34)29-10-4-5-11-29)8-9-20(21)27-25-17-22-23(18-6-2-1-3-7-18)26-24(36-22)28-12-14-35-15-13-28/h1-3,6-9,16-17,27H,4-5,10-15H2/b25-17+. The average Bonchev–Trinajstić information content (AvgIpc) is 3.61. The molecule has 37 heavy (non-hydrogen) atoms. The van der Waals surface area contributed by atoms with Crippen LogP contribution < -0.4 is 10.3 Å². The largest absolute Gasteiger partial charge is 0.378 e. The van der Waals surface area contributed by atoms with Gasteiger partial charge in [0.1, 0.15) is 5.69 Å². The smallest absolute Gasteiger partial charge is 0.295 e. The Bertz CT molecular complexity index is 1400. The van der Waals surface area contributed by atoms with Crippen LogP contribution in [0.5, 0.6) is 0 Å². The number of anilines is 2. The van der Waals surface area contributed by atoms with E-state index in [9.17, 15) is 18.5 Å². The molecule has 0 atom stereocenters. The van der Waals surface area contributed by atoms with Crippen LogP contribution in [0.1, 0.15) is 17.7 Å². The van der Waals surface area contributed by atoms with Gasteiger partial charge in [-0.3, -0.25) is 15.5 Å². The molecule has 3 heterocycles. The second kappa shape index (κ2) is 10.9. The topological polar surface area (TPSA) is 130 Å². The molecule has 194 valence electrons. The van der Waals surface area contributed by atoms with Crippen LogP contribution in [-0.4, -0.2) is 68.2 Å². The Morgan fingerprint density at radius 3 is 2.51 bits per heavy atom. The van der Waals surface area contributed by atoms with Crippen molar-refractivity contribution in [2.45, 2.75) is 17.7 Å². The second-order valence-electron chi connectivity index (χ2n) is 8.59. The van der Waals surface area contributed by atoms with Gasteiger partial charge in [0.05, 0.1) is 39.8 Å². The van der Waals surface area contributed by atoms with E-state index in [0.717, 1.165) is 53.3 Å². The number of nitro benzene ring substituents is 1. The van der Waals surface area contributed by atoms with E-state index in [1.165, 1.54) is 27.8 Å². The Morgan fingerprint density at radius 2 is 1.81 bits per heavy atom. The first-order valence-electron chi connectivity index (χ1n) is 11.9. The number of hydrogen-bond donors (Lipinski definition) is 1. The number of benzene rings is 2. The summed E-state index contributed by atoms with van der Waals surface area (Å²) >= 11 is 1.48. The molecule has 0 unspecified atom stereocenters. The molecule has 3 aromatic rings. The summed E-state index contributed by atoms with van der Waals surface area (Å²) in [6, 6.07) is 13.6. The normalized spacial score (nSPS) is 16.9. The van der Waals surface area contributed by atoms with E-state index in [4.69, 9.17) is 9.72 Å². The highest BCUT2D eigenvalue weighted by Crippen LogP contribution is 2.33. The van der Waals surface area contributed by atoms with Gasteiger partial charge in [0.15, 0.2) is 5.13 Å². The molecule has 11 nitrogen and oxygen atoms in total. The molecule has 0 radical (unpaired) electrons. The van der Waals surface area contributed by atoms with E-state index < -0.39 is 14.9 Å². The van der Waals surface area contributed by atoms with Gasteiger partial charge in [-0.25, -0.2) is 13.4 Å². The van der Waals surface area contributed by atoms with E-state index >= 15 is 0 Å². The number of nitrogens with zero attached hydrogens (tertiary/aromatic N) is 5. The number of ether oxygens (including phenoxy) is 1. The van der Waals surface area contributed by atoms with Crippen molar-refractivity contribution < 1.29 is 18.1 Å². The molecule has 0 saturated carbocycles. The van der Waals surface area contributed by atoms with Gasteiger partial charge in [-0.1, -0.05) is 41.7 Å². The molecular weight excluding hydrogens is 516 g/mol. The van der Waals surface area contributed by atoms with Gasteiger partial charge in [-0.2, -0.15) is 9.41 Å². The van der Waals surface area contributed by atoms with Gasteiger partial charge in [0, 0.05) is 37.8 Å². The summed E-state index contributed by atoms with van der Waals surface area (Å²) in [6.45, 7) is 3.61. The molecule has 2 aliphatic rings. The summed E-state index contributed by atoms with van der Waals surface area (Å²) in [7, 11) is -3.78. The molecule has 1 aromatic heterocycles. The molecule has 2 fully saturated rings. The molecule has 1 N–H and O–H groups in total. The lowest BCUT2D eigenvalue weighted by Gasteiger charge is -2.26. The highest BCUT2D eigenvalue weighted by molar-refractivity contribution is 7.89. The van der Waals surface area contributed by atoms with E-state index in [0.29, 0.717) is 26.3 Å². The maximum Gasteiger partial charge on any atom is 0.295 e. The molecule has 2 saturated heterocycles. The van der Waals surface area contributed by atoms with Crippen molar-refractivity contribution in [3.05, 3.63) is 63.5 Å². The number of nitrogens with one attached hydrogen (secondary N) is 1. The number of thiazole rings is 1. The fraction of sp³-hybridized carbons (Fsp3) is 0.333. The van der Waals surface area contributed by atoms with Crippen LogP contribution >= 0.6 is 11.3 Å². The average molecular weight is 543 g/mol. The molecule has 0 amide bonds. The fourth-order valence-corrected chi connectivity index (χ4v) is 6.80. The van der Waals surface area contributed by atoms with Crippen molar-refractivity contribution in [2.75, 3.05) is 49.7 Å². The first-order valence-corrected chi connectivity index (χ1v) is 14.2. The second-order valence-corrected chi connectivity index (χ2v) is 11.5. The lowest BCUT2D eigenvalue weighted by atomic mass is 10.1.